The molecule has 0 N–H and O–H groups in total. The van der Waals surface area contributed by atoms with Crippen molar-refractivity contribution < 1.29 is 0 Å². The molecule has 0 rings (SSSR count). The van der Waals surface area contributed by atoms with Crippen molar-refractivity contribution in [1.82, 2.24) is 0 Å². The molecule has 0 aromatic carbocycles. The van der Waals surface area contributed by atoms with Gasteiger partial charge in [0.05, 0.1) is 0 Å². The highest BCUT2D eigenvalue weighted by Crippen LogP contribution is 0.697. The van der Waals surface area contributed by atoms with Gasteiger partial charge in [0.15, 0.2) is 0 Å². The molecule has 0 saturated carbocycles. The first-order valence-electron chi connectivity index (χ1n) is 0. The standard InChI is InChI=1S/8ClH.Si/h8*1H;. The van der Waals surface area contributed by atoms with Crippen molar-refractivity contribution in [1.29, 1.82) is 0 Å². The molecule has 0 nitrogen and oxygen atoms in total. The molecule has 9 heavy (non-hydrogen) atoms. The third-order valence-corrected chi connectivity index (χ3v) is 0. The van der Waals surface area contributed by atoms with Crippen LogP contribution in [0.25, 0.3) is 0 Å². The summed E-state index contributed by atoms with van der Waals surface area (Å²) in [5, 5.41) is 0. The van der Waals surface area contributed by atoms with Crippen LogP contribution in [0.1, 0.15) is 0 Å². The third-order valence-electron chi connectivity index (χ3n) is 0. The maximum atomic E-state index is 0. The van der Waals surface area contributed by atoms with E-state index in [1.54, 1.807) is 0 Å². The third kappa shape index (κ3) is 119. The molecule has 68 valence electrons. The smallest absolute Gasteiger partial charge is 0 e. The summed E-state index contributed by atoms with van der Waals surface area (Å²) in [5.41, 5.74) is 0. The van der Waals surface area contributed by atoms with E-state index >= 15 is 0 Å². The van der Waals surface area contributed by atoms with Crippen molar-refractivity contribution in [2.75, 3.05) is 0 Å². The van der Waals surface area contributed by atoms with Crippen LogP contribution >= 0.6 is 99.3 Å². The van der Waals surface area contributed by atoms with Gasteiger partial charge in [-0.3, -0.25) is 0 Å². The molecular formula is H8Cl8Si. The Morgan fingerprint density at radius 1 is 0.222 bits per heavy atom. The first kappa shape index (κ1) is 199. The minimum atomic E-state index is 0. The lowest BCUT2D eigenvalue weighted by molar-refractivity contribution is 5.75. The van der Waals surface area contributed by atoms with Crippen molar-refractivity contribution >= 4 is 110 Å². The van der Waals surface area contributed by atoms with E-state index in [1.807, 2.05) is 0 Å². The van der Waals surface area contributed by atoms with Gasteiger partial charge in [0.1, 0.15) is 0 Å². The Balaban J connectivity index is 0. The highest BCUT2D eigenvalue weighted by Gasteiger charge is 0.0000573. The van der Waals surface area contributed by atoms with E-state index in [4.69, 9.17) is 0 Å². The molecule has 0 aliphatic heterocycles. The van der Waals surface area contributed by atoms with Crippen LogP contribution in [0.4, 0.5) is 0 Å². The highest BCUT2D eigenvalue weighted by atomic mass is 35.5. The molecule has 0 aromatic heterocycles. The van der Waals surface area contributed by atoms with Crippen LogP contribution < -0.4 is 0 Å². The quantitative estimate of drug-likeness (QED) is 0.602. The zero-order chi connectivity index (χ0) is 0. The first-order valence-corrected chi connectivity index (χ1v) is 0. The van der Waals surface area contributed by atoms with Gasteiger partial charge in [-0.05, 0) is 0 Å². The molecule has 0 aliphatic rings. The second-order valence-electron chi connectivity index (χ2n) is 0. The van der Waals surface area contributed by atoms with Crippen LogP contribution in [-0.4, -0.2) is 11.0 Å². The Morgan fingerprint density at radius 2 is 0.222 bits per heavy atom. The topological polar surface area (TPSA) is 0 Å². The Bertz CT molecular complexity index is 4.53. The molecule has 0 aromatic rings. The minimum absolute atomic E-state index is 0. The van der Waals surface area contributed by atoms with Crippen LogP contribution in [0, 0.1) is 0 Å². The van der Waals surface area contributed by atoms with Crippen LogP contribution in [-0.2, 0) is 0 Å². The Morgan fingerprint density at radius 3 is 0.222 bits per heavy atom. The predicted octanol–water partition coefficient (Wildman–Crippen LogP) is 2.99. The van der Waals surface area contributed by atoms with E-state index < -0.39 is 0 Å². The predicted molar refractivity (Wildman–Crippen MR) is 63.7 cm³/mol. The molecule has 0 aliphatic carbocycles. The summed E-state index contributed by atoms with van der Waals surface area (Å²) in [6.07, 6.45) is 0. The largest absolute Gasteiger partial charge is 0.147 e. The fourth-order valence-corrected chi connectivity index (χ4v) is 0. The summed E-state index contributed by atoms with van der Waals surface area (Å²) in [6, 6.07) is 0. The summed E-state index contributed by atoms with van der Waals surface area (Å²) in [4.78, 5) is 0. The normalized spacial score (nSPS) is 0. The highest BCUT2D eigenvalue weighted by molar-refractivity contribution is 5.86. The number of hydrogen-bond acceptors (Lipinski definition) is 0. The molecule has 0 saturated heterocycles. The summed E-state index contributed by atoms with van der Waals surface area (Å²) in [5.74, 6) is 0. The Labute approximate surface area is 109 Å². The van der Waals surface area contributed by atoms with Gasteiger partial charge in [0, 0.05) is 11.0 Å². The lowest BCUT2D eigenvalue weighted by Crippen LogP contribution is -0.381. The fourth-order valence-electron chi connectivity index (χ4n) is 0. The van der Waals surface area contributed by atoms with E-state index in [2.05, 4.69) is 0 Å². The maximum absolute atomic E-state index is 0. The van der Waals surface area contributed by atoms with E-state index in [-0.39, 0.29) is 110 Å². The van der Waals surface area contributed by atoms with Crippen LogP contribution in [0.15, 0.2) is 0 Å². The van der Waals surface area contributed by atoms with E-state index in [9.17, 15) is 0 Å². The second-order valence-corrected chi connectivity index (χ2v) is 0. The van der Waals surface area contributed by atoms with E-state index in [0.29, 0.717) is 0 Å². The monoisotopic (exact) mass is 316 g/mol. The zero-order valence-corrected chi connectivity index (χ0v) is 11.3. The van der Waals surface area contributed by atoms with Crippen molar-refractivity contribution in [3.05, 3.63) is 0 Å². The molecule has 0 unspecified atom stereocenters. The van der Waals surface area contributed by atoms with Crippen molar-refractivity contribution in [3.63, 3.8) is 0 Å². The van der Waals surface area contributed by atoms with Crippen LogP contribution in [0.2, 0.25) is 0 Å². The first-order chi connectivity index (χ1) is 0. The Kier molecular flexibility index (Phi) is 3290. The average molecular weight is 320 g/mol. The molecule has 0 atom stereocenters. The Hall–Kier alpha value is 2.54. The van der Waals surface area contributed by atoms with Crippen LogP contribution in [0.5, 0.6) is 0 Å². The fraction of sp³-hybridized carbons (Fsp3) is 0. The maximum Gasteiger partial charge on any atom is 0 e. The minimum Gasteiger partial charge on any atom is -0.147 e. The van der Waals surface area contributed by atoms with Gasteiger partial charge in [-0.2, -0.15) is 0 Å². The lowest BCUT2D eigenvalue weighted by atomic mass is 28.1. The molecule has 4 radical (unpaired) electrons. The summed E-state index contributed by atoms with van der Waals surface area (Å²) in [6.45, 7) is 0. The van der Waals surface area contributed by atoms with Gasteiger partial charge in [0.25, 0.3) is 0 Å². The summed E-state index contributed by atoms with van der Waals surface area (Å²) < 4.78 is 0. The van der Waals surface area contributed by atoms with Gasteiger partial charge < -0.3 is 0 Å². The molecule has 0 bridgehead atoms. The summed E-state index contributed by atoms with van der Waals surface area (Å²) in [7, 11) is 0. The van der Waals surface area contributed by atoms with Gasteiger partial charge >= 0.3 is 0 Å². The van der Waals surface area contributed by atoms with Crippen molar-refractivity contribution in [3.8, 4) is 0 Å². The van der Waals surface area contributed by atoms with Crippen molar-refractivity contribution in [2.24, 2.45) is 0 Å². The SMILES string of the molecule is Cl.Cl.Cl.Cl.Cl.Cl.Cl.Cl.[Si]. The average Bonchev–Trinajstić information content (AvgIpc) is 0. The zero-order valence-electron chi connectivity index (χ0n) is 3.77. The summed E-state index contributed by atoms with van der Waals surface area (Å²) >= 11 is 0. The van der Waals surface area contributed by atoms with E-state index in [1.165, 1.54) is 0 Å². The van der Waals surface area contributed by atoms with Gasteiger partial charge in [-0.15, -0.1) is 99.3 Å². The van der Waals surface area contributed by atoms with E-state index in [0.717, 1.165) is 0 Å². The number of rotatable bonds is 0. The molecule has 9 heteroatoms. The second kappa shape index (κ2) is 149. The lowest BCUT2D eigenvalue weighted by Gasteiger charge is -0.148. The molecule has 0 heterocycles. The van der Waals surface area contributed by atoms with Gasteiger partial charge in [0.2, 0.25) is 0 Å². The molecular weight excluding hydrogens is 312 g/mol. The molecule has 0 amide bonds. The van der Waals surface area contributed by atoms with Gasteiger partial charge in [-0.1, -0.05) is 0 Å². The number of halogens is 8. The van der Waals surface area contributed by atoms with Gasteiger partial charge in [-0.25, -0.2) is 0 Å². The molecule has 0 fully saturated rings. The van der Waals surface area contributed by atoms with Crippen molar-refractivity contribution in [2.45, 2.75) is 0 Å². The number of hydrogen-bond donors (Lipinski definition) is 0. The molecule has 0 spiro atoms. The van der Waals surface area contributed by atoms with Crippen LogP contribution in [0.3, 0.4) is 0 Å².